The van der Waals surface area contributed by atoms with Crippen LogP contribution in [0.3, 0.4) is 0 Å². The molecule has 0 saturated carbocycles. The Balaban J connectivity index is 4.31. The van der Waals surface area contributed by atoms with Crippen LogP contribution < -0.4 is 0 Å². The van der Waals surface area contributed by atoms with Gasteiger partial charge in [0.2, 0.25) is 0 Å². The SMILES string of the molecule is CC/C=C\C/C=C\C/C=C\C/C=C\C/C=C\CC(=O)OC(COC(=O)CCCCCCC/C=C\C/C=C\C/C=C\CC)COC(=O)CCCCCCCCCCCCCCCCCCC/C=C\C/C=C\CCCCCCC. The fourth-order valence-electron chi connectivity index (χ4n) is 8.74. The molecule has 0 heterocycles. The summed E-state index contributed by atoms with van der Waals surface area (Å²) in [7, 11) is 0. The van der Waals surface area contributed by atoms with Gasteiger partial charge in [0.15, 0.2) is 6.10 Å². The Kier molecular flexibility index (Phi) is 60.8. The highest BCUT2D eigenvalue weighted by Gasteiger charge is 2.19. The summed E-state index contributed by atoms with van der Waals surface area (Å²) in [6, 6.07) is 0. The molecule has 0 amide bonds. The lowest BCUT2D eigenvalue weighted by Gasteiger charge is -2.18. The highest BCUT2D eigenvalue weighted by atomic mass is 16.6. The fourth-order valence-corrected chi connectivity index (χ4v) is 8.74. The van der Waals surface area contributed by atoms with Gasteiger partial charge in [-0.1, -0.05) is 284 Å². The molecule has 0 spiro atoms. The molecule has 0 aliphatic heterocycles. The van der Waals surface area contributed by atoms with Crippen molar-refractivity contribution in [2.45, 2.75) is 297 Å². The van der Waals surface area contributed by atoms with Gasteiger partial charge in [-0.15, -0.1) is 0 Å². The summed E-state index contributed by atoms with van der Waals surface area (Å²) in [5.74, 6) is -1.07. The second-order valence-electron chi connectivity index (χ2n) is 20.9. The molecule has 6 heteroatoms. The van der Waals surface area contributed by atoms with Crippen LogP contribution in [0, 0.1) is 0 Å². The van der Waals surface area contributed by atoms with Crippen LogP contribution in [0.25, 0.3) is 0 Å². The van der Waals surface area contributed by atoms with Crippen LogP contribution in [0.1, 0.15) is 290 Å². The van der Waals surface area contributed by atoms with E-state index in [0.717, 1.165) is 109 Å². The number of allylic oxidation sites excluding steroid dienone is 19. The van der Waals surface area contributed by atoms with Gasteiger partial charge in [-0.2, -0.15) is 0 Å². The monoisotopic (exact) mass is 1070 g/mol. The second kappa shape index (κ2) is 64.3. The maximum atomic E-state index is 12.8. The first kappa shape index (κ1) is 72.8. The molecule has 438 valence electrons. The lowest BCUT2D eigenvalue weighted by molar-refractivity contribution is -0.166. The van der Waals surface area contributed by atoms with Crippen LogP contribution in [-0.2, 0) is 28.6 Å². The van der Waals surface area contributed by atoms with E-state index in [1.807, 2.05) is 6.08 Å². The lowest BCUT2D eigenvalue weighted by Crippen LogP contribution is -2.30. The number of esters is 3. The number of carbonyl (C=O) groups is 3. The van der Waals surface area contributed by atoms with Gasteiger partial charge in [0.1, 0.15) is 13.2 Å². The first-order valence-electron chi connectivity index (χ1n) is 32.0. The highest BCUT2D eigenvalue weighted by Crippen LogP contribution is 2.16. The molecule has 0 N–H and O–H groups in total. The Labute approximate surface area is 475 Å². The van der Waals surface area contributed by atoms with Crippen LogP contribution in [0.4, 0.5) is 0 Å². The molecule has 0 aromatic carbocycles. The molecule has 0 aliphatic carbocycles. The molecule has 0 aromatic rings. The van der Waals surface area contributed by atoms with Crippen LogP contribution in [0.2, 0.25) is 0 Å². The standard InChI is InChI=1S/C71H118O6/c1-4-7-10-13-16-19-22-25-28-29-30-31-32-33-34-35-36-37-38-39-40-41-44-46-49-52-55-58-61-64-70(73)76-67-68(77-71(74)65-62-59-56-53-50-47-43-27-24-21-18-15-12-9-6-3)66-75-69(72)63-60-57-54-51-48-45-42-26-23-20-17-14-11-8-5-2/h8-9,11-12,17-18,20-22,25-27,29-30,42-43,50,53,59,62,68H,4-7,10,13-16,19,23-24,28,31-41,44-49,51-52,54-58,60-61,63-67H2,1-3H3/b11-8-,12-9-,20-17-,21-18-,25-22-,30-29-,42-26-,43-27-,53-50-,62-59-. The molecular formula is C71H118O6. The molecule has 6 nitrogen and oxygen atoms in total. The van der Waals surface area contributed by atoms with Crippen molar-refractivity contribution >= 4 is 17.9 Å². The fraction of sp³-hybridized carbons (Fsp3) is 0.676. The largest absolute Gasteiger partial charge is 0.462 e. The maximum absolute atomic E-state index is 12.8. The minimum Gasteiger partial charge on any atom is -0.462 e. The minimum absolute atomic E-state index is 0.0902. The molecule has 0 rings (SSSR count). The summed E-state index contributed by atoms with van der Waals surface area (Å²) >= 11 is 0. The van der Waals surface area contributed by atoms with Crippen LogP contribution in [0.15, 0.2) is 122 Å². The van der Waals surface area contributed by atoms with Gasteiger partial charge in [0.05, 0.1) is 6.42 Å². The van der Waals surface area contributed by atoms with E-state index in [1.165, 1.54) is 135 Å². The quantitative estimate of drug-likeness (QED) is 0.0261. The van der Waals surface area contributed by atoms with Gasteiger partial charge in [0, 0.05) is 12.8 Å². The van der Waals surface area contributed by atoms with Crippen molar-refractivity contribution < 1.29 is 28.6 Å². The Morgan fingerprint density at radius 2 is 0.545 bits per heavy atom. The number of rotatable bonds is 57. The van der Waals surface area contributed by atoms with Crippen LogP contribution in [0.5, 0.6) is 0 Å². The average Bonchev–Trinajstić information content (AvgIpc) is 3.43. The van der Waals surface area contributed by atoms with Crippen molar-refractivity contribution in [1.82, 2.24) is 0 Å². The second-order valence-corrected chi connectivity index (χ2v) is 20.9. The Morgan fingerprint density at radius 3 is 0.857 bits per heavy atom. The number of unbranched alkanes of at least 4 members (excludes halogenated alkanes) is 27. The Morgan fingerprint density at radius 1 is 0.286 bits per heavy atom. The van der Waals surface area contributed by atoms with Gasteiger partial charge < -0.3 is 14.2 Å². The first-order valence-corrected chi connectivity index (χ1v) is 32.0. The van der Waals surface area contributed by atoms with Gasteiger partial charge in [-0.25, -0.2) is 0 Å². The highest BCUT2D eigenvalue weighted by molar-refractivity contribution is 5.72. The summed E-state index contributed by atoms with van der Waals surface area (Å²) < 4.78 is 16.8. The first-order chi connectivity index (χ1) is 38.0. The Bertz CT molecular complexity index is 1600. The molecule has 0 bridgehead atoms. The summed E-state index contributed by atoms with van der Waals surface area (Å²) in [6.07, 6.45) is 89.6. The van der Waals surface area contributed by atoms with Gasteiger partial charge in [0.25, 0.3) is 0 Å². The van der Waals surface area contributed by atoms with E-state index >= 15 is 0 Å². The zero-order valence-corrected chi connectivity index (χ0v) is 50.2. The molecule has 1 atom stereocenters. The Hall–Kier alpha value is -4.19. The number of hydrogen-bond donors (Lipinski definition) is 0. The van der Waals surface area contributed by atoms with Crippen molar-refractivity contribution in [2.75, 3.05) is 13.2 Å². The lowest BCUT2D eigenvalue weighted by atomic mass is 10.0. The van der Waals surface area contributed by atoms with Gasteiger partial charge >= 0.3 is 17.9 Å². The van der Waals surface area contributed by atoms with Crippen molar-refractivity contribution in [2.24, 2.45) is 0 Å². The summed E-state index contributed by atoms with van der Waals surface area (Å²) in [4.78, 5) is 38.2. The molecule has 0 fully saturated rings. The molecule has 77 heavy (non-hydrogen) atoms. The summed E-state index contributed by atoms with van der Waals surface area (Å²) in [5, 5.41) is 0. The molecule has 0 aliphatic rings. The normalized spacial score (nSPS) is 12.9. The average molecular weight is 1070 g/mol. The molecular weight excluding hydrogens is 949 g/mol. The minimum atomic E-state index is -0.843. The summed E-state index contributed by atoms with van der Waals surface area (Å²) in [5.41, 5.74) is 0. The zero-order valence-electron chi connectivity index (χ0n) is 50.2. The van der Waals surface area contributed by atoms with Crippen molar-refractivity contribution in [3.63, 3.8) is 0 Å². The van der Waals surface area contributed by atoms with Gasteiger partial charge in [-0.05, 0) is 109 Å². The van der Waals surface area contributed by atoms with E-state index < -0.39 is 12.1 Å². The van der Waals surface area contributed by atoms with Crippen molar-refractivity contribution in [1.29, 1.82) is 0 Å². The van der Waals surface area contributed by atoms with E-state index in [9.17, 15) is 14.4 Å². The van der Waals surface area contributed by atoms with E-state index in [4.69, 9.17) is 14.2 Å². The maximum Gasteiger partial charge on any atom is 0.310 e. The number of ether oxygens (including phenoxy) is 3. The third-order valence-electron chi connectivity index (χ3n) is 13.5. The topological polar surface area (TPSA) is 78.9 Å². The summed E-state index contributed by atoms with van der Waals surface area (Å²) in [6.45, 7) is 6.32. The van der Waals surface area contributed by atoms with E-state index in [-0.39, 0.29) is 31.6 Å². The zero-order chi connectivity index (χ0) is 55.7. The van der Waals surface area contributed by atoms with E-state index in [1.54, 1.807) is 6.08 Å². The van der Waals surface area contributed by atoms with Crippen LogP contribution >= 0.6 is 0 Å². The third kappa shape index (κ3) is 62.5. The van der Waals surface area contributed by atoms with E-state index in [0.29, 0.717) is 19.3 Å². The number of carbonyl (C=O) groups excluding carboxylic acids is 3. The number of hydrogen-bond acceptors (Lipinski definition) is 6. The predicted molar refractivity (Wildman–Crippen MR) is 334 cm³/mol. The van der Waals surface area contributed by atoms with E-state index in [2.05, 4.69) is 130 Å². The molecule has 1 unspecified atom stereocenters. The smallest absolute Gasteiger partial charge is 0.310 e. The van der Waals surface area contributed by atoms with Gasteiger partial charge in [-0.3, -0.25) is 14.4 Å². The predicted octanol–water partition coefficient (Wildman–Crippen LogP) is 22.0. The molecule has 0 saturated heterocycles. The van der Waals surface area contributed by atoms with Crippen molar-refractivity contribution in [3.8, 4) is 0 Å². The molecule has 0 aromatic heterocycles. The van der Waals surface area contributed by atoms with Crippen molar-refractivity contribution in [3.05, 3.63) is 122 Å². The molecule has 0 radical (unpaired) electrons. The van der Waals surface area contributed by atoms with Crippen LogP contribution in [-0.4, -0.2) is 37.2 Å². The third-order valence-corrected chi connectivity index (χ3v) is 13.5.